The van der Waals surface area contributed by atoms with Crippen molar-refractivity contribution in [3.8, 4) is 11.5 Å². The predicted molar refractivity (Wildman–Crippen MR) is 103 cm³/mol. The molecule has 0 aliphatic rings. The molecule has 2 aromatic rings. The van der Waals surface area contributed by atoms with E-state index < -0.39 is 6.09 Å². The zero-order valence-electron chi connectivity index (χ0n) is 15.3. The number of hydrogen-bond donors (Lipinski definition) is 2. The van der Waals surface area contributed by atoms with Crippen LogP contribution in [0.25, 0.3) is 0 Å². The zero-order chi connectivity index (χ0) is 19.8. The second-order valence-corrected chi connectivity index (χ2v) is 5.83. The Kier molecular flexibility index (Phi) is 7.31. The first-order valence-corrected chi connectivity index (χ1v) is 8.58. The van der Waals surface area contributed by atoms with E-state index in [-0.39, 0.29) is 5.91 Å². The zero-order valence-corrected chi connectivity index (χ0v) is 16.1. The average Bonchev–Trinajstić information content (AvgIpc) is 2.68. The average molecular weight is 393 g/mol. The van der Waals surface area contributed by atoms with Crippen LogP contribution in [0.3, 0.4) is 0 Å². The van der Waals surface area contributed by atoms with Gasteiger partial charge in [-0.3, -0.25) is 10.1 Å². The molecule has 0 aliphatic carbocycles. The number of halogens is 1. The van der Waals surface area contributed by atoms with Gasteiger partial charge in [0.2, 0.25) is 0 Å². The molecule has 144 valence electrons. The largest absolute Gasteiger partial charge is 0.493 e. The first-order chi connectivity index (χ1) is 13.0. The SMILES string of the molecule is CCOc1c(Cl)cc(C(=O)NCc2ccc(NC(=O)OC)cc2)cc1OC. The van der Waals surface area contributed by atoms with Gasteiger partial charge in [-0.2, -0.15) is 0 Å². The Hall–Kier alpha value is -2.93. The minimum Gasteiger partial charge on any atom is -0.493 e. The number of carbonyl (C=O) groups excluding carboxylic acids is 2. The van der Waals surface area contributed by atoms with Crippen LogP contribution in [0.1, 0.15) is 22.8 Å². The van der Waals surface area contributed by atoms with Gasteiger partial charge < -0.3 is 19.5 Å². The molecule has 0 heterocycles. The summed E-state index contributed by atoms with van der Waals surface area (Å²) in [6.45, 7) is 2.58. The minimum atomic E-state index is -0.544. The summed E-state index contributed by atoms with van der Waals surface area (Å²) in [6, 6.07) is 10.1. The lowest BCUT2D eigenvalue weighted by Crippen LogP contribution is -2.23. The highest BCUT2D eigenvalue weighted by Gasteiger charge is 2.15. The van der Waals surface area contributed by atoms with Crippen LogP contribution in [-0.2, 0) is 11.3 Å². The lowest BCUT2D eigenvalue weighted by atomic mass is 10.1. The molecule has 0 saturated carbocycles. The van der Waals surface area contributed by atoms with Crippen LogP contribution in [0.5, 0.6) is 11.5 Å². The third kappa shape index (κ3) is 5.52. The highest BCUT2D eigenvalue weighted by atomic mass is 35.5. The Balaban J connectivity index is 2.03. The maximum absolute atomic E-state index is 12.4. The van der Waals surface area contributed by atoms with Crippen molar-refractivity contribution in [1.82, 2.24) is 5.32 Å². The molecule has 2 rings (SSSR count). The summed E-state index contributed by atoms with van der Waals surface area (Å²) >= 11 is 6.19. The van der Waals surface area contributed by atoms with E-state index >= 15 is 0 Å². The van der Waals surface area contributed by atoms with Crippen molar-refractivity contribution in [2.24, 2.45) is 0 Å². The van der Waals surface area contributed by atoms with Gasteiger partial charge in [0.25, 0.3) is 5.91 Å². The van der Waals surface area contributed by atoms with Gasteiger partial charge in [0.15, 0.2) is 11.5 Å². The van der Waals surface area contributed by atoms with E-state index in [1.807, 2.05) is 6.92 Å². The fraction of sp³-hybridized carbons (Fsp3) is 0.263. The van der Waals surface area contributed by atoms with E-state index in [0.717, 1.165) is 5.56 Å². The highest BCUT2D eigenvalue weighted by molar-refractivity contribution is 6.32. The number of carbonyl (C=O) groups is 2. The van der Waals surface area contributed by atoms with Gasteiger partial charge in [0.05, 0.1) is 25.8 Å². The van der Waals surface area contributed by atoms with Crippen molar-refractivity contribution in [2.45, 2.75) is 13.5 Å². The van der Waals surface area contributed by atoms with Crippen LogP contribution in [0.4, 0.5) is 10.5 Å². The quantitative estimate of drug-likeness (QED) is 0.747. The van der Waals surface area contributed by atoms with Crippen LogP contribution in [0, 0.1) is 0 Å². The Morgan fingerprint density at radius 3 is 2.41 bits per heavy atom. The van der Waals surface area contributed by atoms with Crippen LogP contribution < -0.4 is 20.1 Å². The predicted octanol–water partition coefficient (Wildman–Crippen LogP) is 3.86. The van der Waals surface area contributed by atoms with E-state index in [9.17, 15) is 9.59 Å². The summed E-state index contributed by atoms with van der Waals surface area (Å²) < 4.78 is 15.2. The molecule has 0 aliphatic heterocycles. The fourth-order valence-electron chi connectivity index (χ4n) is 2.29. The van der Waals surface area contributed by atoms with Gasteiger partial charge in [-0.25, -0.2) is 4.79 Å². The molecule has 0 fully saturated rings. The normalized spacial score (nSPS) is 10.1. The molecule has 0 aromatic heterocycles. The number of nitrogens with one attached hydrogen (secondary N) is 2. The van der Waals surface area contributed by atoms with E-state index in [1.165, 1.54) is 20.3 Å². The molecule has 0 atom stereocenters. The second-order valence-electron chi connectivity index (χ2n) is 5.42. The molecule has 2 amide bonds. The maximum Gasteiger partial charge on any atom is 0.411 e. The van der Waals surface area contributed by atoms with E-state index in [0.29, 0.717) is 40.9 Å². The van der Waals surface area contributed by atoms with Gasteiger partial charge in [-0.05, 0) is 36.8 Å². The van der Waals surface area contributed by atoms with Crippen molar-refractivity contribution in [2.75, 3.05) is 26.1 Å². The summed E-state index contributed by atoms with van der Waals surface area (Å²) in [5, 5.41) is 5.67. The van der Waals surface area contributed by atoms with Crippen molar-refractivity contribution in [1.29, 1.82) is 0 Å². The number of hydrogen-bond acceptors (Lipinski definition) is 5. The van der Waals surface area contributed by atoms with Gasteiger partial charge in [-0.1, -0.05) is 23.7 Å². The standard InChI is InChI=1S/C19H21ClN2O5/c1-4-27-17-15(20)9-13(10-16(17)25-2)18(23)21-11-12-5-7-14(8-6-12)22-19(24)26-3/h5-10H,4,11H2,1-3H3,(H,21,23)(H,22,24). The first kappa shape index (κ1) is 20.4. The van der Waals surface area contributed by atoms with Gasteiger partial charge in [0, 0.05) is 17.8 Å². The Bertz CT molecular complexity index is 808. The summed E-state index contributed by atoms with van der Waals surface area (Å²) in [4.78, 5) is 23.6. The van der Waals surface area contributed by atoms with Crippen LogP contribution in [-0.4, -0.2) is 32.8 Å². The number of benzene rings is 2. The lowest BCUT2D eigenvalue weighted by Gasteiger charge is -2.13. The van der Waals surface area contributed by atoms with E-state index in [1.54, 1.807) is 30.3 Å². The van der Waals surface area contributed by atoms with E-state index in [2.05, 4.69) is 15.4 Å². The maximum atomic E-state index is 12.4. The monoisotopic (exact) mass is 392 g/mol. The molecule has 0 radical (unpaired) electrons. The molecule has 0 spiro atoms. The molecule has 2 N–H and O–H groups in total. The third-order valence-corrected chi connectivity index (χ3v) is 3.90. The van der Waals surface area contributed by atoms with Crippen molar-refractivity contribution >= 4 is 29.3 Å². The van der Waals surface area contributed by atoms with Crippen LogP contribution in [0.2, 0.25) is 5.02 Å². The molecular formula is C19H21ClN2O5. The fourth-order valence-corrected chi connectivity index (χ4v) is 2.56. The van der Waals surface area contributed by atoms with Gasteiger partial charge in [-0.15, -0.1) is 0 Å². The molecule has 0 saturated heterocycles. The summed E-state index contributed by atoms with van der Waals surface area (Å²) in [7, 11) is 2.78. The molecule has 0 bridgehead atoms. The van der Waals surface area contributed by atoms with Crippen molar-refractivity contribution in [3.63, 3.8) is 0 Å². The summed E-state index contributed by atoms with van der Waals surface area (Å²) in [5.41, 5.74) is 1.83. The van der Waals surface area contributed by atoms with Crippen molar-refractivity contribution < 1.29 is 23.8 Å². The second kappa shape index (κ2) is 9.68. The Morgan fingerprint density at radius 2 is 1.81 bits per heavy atom. The minimum absolute atomic E-state index is 0.296. The highest BCUT2D eigenvalue weighted by Crippen LogP contribution is 2.36. The number of anilines is 1. The number of amides is 2. The molecule has 7 nitrogen and oxygen atoms in total. The summed E-state index contributed by atoms with van der Waals surface area (Å²) in [6.07, 6.45) is -0.544. The number of rotatable bonds is 7. The number of methoxy groups -OCH3 is 2. The van der Waals surface area contributed by atoms with Gasteiger partial charge in [0.1, 0.15) is 0 Å². The third-order valence-electron chi connectivity index (χ3n) is 3.62. The van der Waals surface area contributed by atoms with E-state index in [4.69, 9.17) is 21.1 Å². The van der Waals surface area contributed by atoms with Crippen LogP contribution >= 0.6 is 11.6 Å². The first-order valence-electron chi connectivity index (χ1n) is 8.21. The summed E-state index contributed by atoms with van der Waals surface area (Å²) in [5.74, 6) is 0.509. The molecular weight excluding hydrogens is 372 g/mol. The van der Waals surface area contributed by atoms with Crippen molar-refractivity contribution in [3.05, 3.63) is 52.5 Å². The molecule has 2 aromatic carbocycles. The Morgan fingerprint density at radius 1 is 1.11 bits per heavy atom. The topological polar surface area (TPSA) is 85.9 Å². The molecule has 8 heteroatoms. The molecule has 0 unspecified atom stereocenters. The van der Waals surface area contributed by atoms with Crippen LogP contribution in [0.15, 0.2) is 36.4 Å². The Labute approximate surface area is 162 Å². The van der Waals surface area contributed by atoms with Gasteiger partial charge >= 0.3 is 6.09 Å². The smallest absolute Gasteiger partial charge is 0.411 e. The number of ether oxygens (including phenoxy) is 3. The lowest BCUT2D eigenvalue weighted by molar-refractivity contribution is 0.0950. The molecule has 27 heavy (non-hydrogen) atoms.